The Morgan fingerprint density at radius 2 is 2.00 bits per heavy atom. The Labute approximate surface area is 72.2 Å². The first kappa shape index (κ1) is 6.31. The Morgan fingerprint density at radius 1 is 1.17 bits per heavy atom. The van der Waals surface area contributed by atoms with Gasteiger partial charge in [-0.2, -0.15) is 0 Å². The molecule has 1 aromatic heterocycles. The Bertz CT molecular complexity index is 528. The zero-order valence-electron chi connectivity index (χ0n) is 6.03. The second kappa shape index (κ2) is 1.93. The van der Waals surface area contributed by atoms with Gasteiger partial charge in [0.05, 0.1) is 0 Å². The fraction of sp³-hybridized carbons (Fsp3) is 0. The highest BCUT2D eigenvalue weighted by Crippen LogP contribution is 2.49. The fourth-order valence-corrected chi connectivity index (χ4v) is 2.03. The molecule has 0 N–H and O–H groups in total. The summed E-state index contributed by atoms with van der Waals surface area (Å²) in [5.74, 6) is 0. The number of hydrogen-bond donors (Lipinski definition) is 0. The molecule has 58 valence electrons. The number of rotatable bonds is 0. The van der Waals surface area contributed by atoms with Crippen molar-refractivity contribution in [3.63, 3.8) is 0 Å². The van der Waals surface area contributed by atoms with Crippen LogP contribution in [0.4, 0.5) is 0 Å². The summed E-state index contributed by atoms with van der Waals surface area (Å²) in [4.78, 5) is 13.0. The largest absolute Gasteiger partial charge is 0.422 e. The van der Waals surface area contributed by atoms with Gasteiger partial charge in [-0.1, -0.05) is 30.0 Å². The highest BCUT2D eigenvalue weighted by atomic mass is 32.2. The molecule has 2 nitrogen and oxygen atoms in total. The predicted molar refractivity (Wildman–Crippen MR) is 46.6 cm³/mol. The molecule has 0 radical (unpaired) electrons. The lowest BCUT2D eigenvalue weighted by Crippen LogP contribution is -1.93. The maximum atomic E-state index is 11.1. The summed E-state index contributed by atoms with van der Waals surface area (Å²) in [6, 6.07) is 7.60. The van der Waals surface area contributed by atoms with Gasteiger partial charge in [0.2, 0.25) is 0 Å². The molecule has 12 heavy (non-hydrogen) atoms. The van der Waals surface area contributed by atoms with Crippen molar-refractivity contribution in [3.8, 4) is 0 Å². The minimum atomic E-state index is -0.200. The zero-order valence-corrected chi connectivity index (χ0v) is 6.85. The third kappa shape index (κ3) is 0.689. The van der Waals surface area contributed by atoms with E-state index < -0.39 is 0 Å². The first-order valence-electron chi connectivity index (χ1n) is 3.60. The van der Waals surface area contributed by atoms with E-state index in [1.807, 2.05) is 24.3 Å². The Kier molecular flexibility index (Phi) is 1.01. The quantitative estimate of drug-likeness (QED) is 0.388. The summed E-state index contributed by atoms with van der Waals surface area (Å²) >= 11 is 1.51. The van der Waals surface area contributed by atoms with E-state index in [9.17, 15) is 4.79 Å². The number of para-hydroxylation sites is 1. The molecule has 1 aromatic carbocycles. The number of fused-ring (bicyclic) bond motifs is 3. The molecule has 2 heterocycles. The summed E-state index contributed by atoms with van der Waals surface area (Å²) in [7, 11) is 0. The minimum absolute atomic E-state index is 0.200. The van der Waals surface area contributed by atoms with Crippen LogP contribution in [0, 0.1) is 0 Å². The van der Waals surface area contributed by atoms with Gasteiger partial charge in [0.15, 0.2) is 0 Å². The van der Waals surface area contributed by atoms with E-state index in [0.717, 1.165) is 15.2 Å². The normalized spacial score (nSPS) is 13.0. The standard InChI is InChI=1S/C9H4O2S/c10-9-8-7(12-8)5-3-1-2-4-6(5)11-9/h1-4H. The molecule has 2 aromatic rings. The third-order valence-electron chi connectivity index (χ3n) is 1.89. The average molecular weight is 176 g/mol. The van der Waals surface area contributed by atoms with Crippen LogP contribution in [0.3, 0.4) is 0 Å². The van der Waals surface area contributed by atoms with Crippen LogP contribution < -0.4 is 5.63 Å². The van der Waals surface area contributed by atoms with Gasteiger partial charge < -0.3 is 4.42 Å². The monoisotopic (exact) mass is 176 g/mol. The van der Waals surface area contributed by atoms with Crippen molar-refractivity contribution in [1.82, 2.24) is 0 Å². The Hall–Kier alpha value is -1.22. The first-order chi connectivity index (χ1) is 5.86. The molecule has 0 spiro atoms. The predicted octanol–water partition coefficient (Wildman–Crippen LogP) is 2.26. The van der Waals surface area contributed by atoms with Gasteiger partial charge in [-0.15, -0.1) is 0 Å². The van der Waals surface area contributed by atoms with Gasteiger partial charge in [-0.25, -0.2) is 4.79 Å². The molecule has 3 heteroatoms. The van der Waals surface area contributed by atoms with Crippen LogP contribution in [0.25, 0.3) is 11.0 Å². The van der Waals surface area contributed by atoms with Gasteiger partial charge in [-0.05, 0) is 6.07 Å². The first-order valence-corrected chi connectivity index (χ1v) is 4.41. The molecule has 3 rings (SSSR count). The third-order valence-corrected chi connectivity index (χ3v) is 2.89. The lowest BCUT2D eigenvalue weighted by atomic mass is 10.2. The molecule has 0 aliphatic carbocycles. The molecule has 0 bridgehead atoms. The SMILES string of the molecule is O=c1oc2ccccc2c2c1S2. The molecule has 0 saturated carbocycles. The van der Waals surface area contributed by atoms with Gasteiger partial charge in [-0.3, -0.25) is 0 Å². The molecule has 0 saturated heterocycles. The van der Waals surface area contributed by atoms with Crippen molar-refractivity contribution in [2.45, 2.75) is 9.79 Å². The second-order valence-electron chi connectivity index (χ2n) is 2.65. The summed E-state index contributed by atoms with van der Waals surface area (Å²) in [6.07, 6.45) is 0. The molecule has 1 aliphatic rings. The molecule has 0 unspecified atom stereocenters. The highest BCUT2D eigenvalue weighted by molar-refractivity contribution is 8.05. The van der Waals surface area contributed by atoms with E-state index in [1.54, 1.807) is 0 Å². The summed E-state index contributed by atoms with van der Waals surface area (Å²) < 4.78 is 5.07. The topological polar surface area (TPSA) is 30.2 Å². The van der Waals surface area contributed by atoms with Crippen LogP contribution >= 0.6 is 11.8 Å². The Morgan fingerprint density at radius 3 is 2.92 bits per heavy atom. The van der Waals surface area contributed by atoms with Crippen molar-refractivity contribution in [1.29, 1.82) is 0 Å². The van der Waals surface area contributed by atoms with Crippen LogP contribution in [0.2, 0.25) is 0 Å². The van der Waals surface area contributed by atoms with Gasteiger partial charge in [0.1, 0.15) is 10.5 Å². The van der Waals surface area contributed by atoms with E-state index in [-0.39, 0.29) is 5.63 Å². The van der Waals surface area contributed by atoms with Crippen molar-refractivity contribution in [2.24, 2.45) is 0 Å². The van der Waals surface area contributed by atoms with Crippen molar-refractivity contribution in [2.75, 3.05) is 0 Å². The second-order valence-corrected chi connectivity index (χ2v) is 3.67. The van der Waals surface area contributed by atoms with Gasteiger partial charge >= 0.3 is 5.63 Å². The van der Waals surface area contributed by atoms with E-state index in [2.05, 4.69) is 0 Å². The summed E-state index contributed by atoms with van der Waals surface area (Å²) in [5.41, 5.74) is 0.486. The fourth-order valence-electron chi connectivity index (χ4n) is 1.28. The van der Waals surface area contributed by atoms with E-state index in [4.69, 9.17) is 4.42 Å². The van der Waals surface area contributed by atoms with Crippen molar-refractivity contribution in [3.05, 3.63) is 34.7 Å². The van der Waals surface area contributed by atoms with Crippen LogP contribution in [-0.4, -0.2) is 0 Å². The number of benzene rings is 1. The van der Waals surface area contributed by atoms with Crippen molar-refractivity contribution < 1.29 is 4.42 Å². The molecular weight excluding hydrogens is 172 g/mol. The summed E-state index contributed by atoms with van der Waals surface area (Å²) in [6.45, 7) is 0. The molecule has 0 atom stereocenters. The van der Waals surface area contributed by atoms with Gasteiger partial charge in [0, 0.05) is 10.3 Å². The summed E-state index contributed by atoms with van der Waals surface area (Å²) in [5, 5.41) is 1.05. The lowest BCUT2D eigenvalue weighted by Gasteiger charge is -1.90. The zero-order chi connectivity index (χ0) is 8.13. The number of hydrogen-bond acceptors (Lipinski definition) is 3. The molecule has 1 aliphatic heterocycles. The van der Waals surface area contributed by atoms with Crippen LogP contribution in [0.15, 0.2) is 43.3 Å². The van der Waals surface area contributed by atoms with Crippen LogP contribution in [0.1, 0.15) is 0 Å². The molecular formula is C9H4O2S. The molecule has 0 amide bonds. The van der Waals surface area contributed by atoms with Gasteiger partial charge in [0.25, 0.3) is 0 Å². The van der Waals surface area contributed by atoms with Crippen molar-refractivity contribution >= 4 is 22.7 Å². The maximum Gasteiger partial charge on any atom is 0.351 e. The van der Waals surface area contributed by atoms with E-state index in [0.29, 0.717) is 5.58 Å². The van der Waals surface area contributed by atoms with E-state index >= 15 is 0 Å². The average Bonchev–Trinajstić information content (AvgIpc) is 2.84. The van der Waals surface area contributed by atoms with Crippen LogP contribution in [0.5, 0.6) is 0 Å². The van der Waals surface area contributed by atoms with Crippen LogP contribution in [-0.2, 0) is 0 Å². The maximum absolute atomic E-state index is 11.1. The highest BCUT2D eigenvalue weighted by Gasteiger charge is 2.27. The smallest absolute Gasteiger partial charge is 0.351 e. The lowest BCUT2D eigenvalue weighted by molar-refractivity contribution is 0.543. The minimum Gasteiger partial charge on any atom is -0.422 e. The molecule has 0 fully saturated rings. The Balaban J connectivity index is 2.61. The van der Waals surface area contributed by atoms with E-state index in [1.165, 1.54) is 11.8 Å².